The molecule has 5 nitrogen and oxygen atoms in total. The minimum absolute atomic E-state index is 0.0364. The van der Waals surface area contributed by atoms with E-state index in [4.69, 9.17) is 4.74 Å². The molecule has 1 aromatic carbocycles. The van der Waals surface area contributed by atoms with Crippen LogP contribution in [0.1, 0.15) is 36.7 Å². The SMILES string of the molecule is C=N/N=C(\SCC)c1cc(C=O)c(N2CC(C)OC(C)C2)c(F)c1F. The number of carbonyl (C=O) groups excluding carboxylic acids is 1. The van der Waals surface area contributed by atoms with Gasteiger partial charge in [0.2, 0.25) is 0 Å². The predicted molar refractivity (Wildman–Crippen MR) is 98.2 cm³/mol. The van der Waals surface area contributed by atoms with Crippen LogP contribution in [0, 0.1) is 11.6 Å². The van der Waals surface area contributed by atoms with Crippen LogP contribution in [0.4, 0.5) is 14.5 Å². The number of morpholine rings is 1. The number of thioether (sulfide) groups is 1. The molecule has 0 amide bonds. The van der Waals surface area contributed by atoms with E-state index >= 15 is 0 Å². The van der Waals surface area contributed by atoms with Crippen molar-refractivity contribution in [2.75, 3.05) is 23.7 Å². The lowest BCUT2D eigenvalue weighted by molar-refractivity contribution is -0.00546. The molecule has 1 aliphatic heterocycles. The molecule has 2 rings (SSSR count). The van der Waals surface area contributed by atoms with E-state index in [1.165, 1.54) is 17.8 Å². The van der Waals surface area contributed by atoms with Crippen molar-refractivity contribution in [2.45, 2.75) is 33.0 Å². The van der Waals surface area contributed by atoms with Crippen LogP contribution in [0.5, 0.6) is 0 Å². The van der Waals surface area contributed by atoms with E-state index in [2.05, 4.69) is 16.9 Å². The Hall–Kier alpha value is -1.80. The highest BCUT2D eigenvalue weighted by Gasteiger charge is 2.29. The fraction of sp³-hybridized carbons (Fsp3) is 0.471. The monoisotopic (exact) mass is 369 g/mol. The molecule has 0 N–H and O–H groups in total. The summed E-state index contributed by atoms with van der Waals surface area (Å²) < 4.78 is 35.2. The molecule has 1 saturated heterocycles. The fourth-order valence-electron chi connectivity index (χ4n) is 2.92. The summed E-state index contributed by atoms with van der Waals surface area (Å²) in [6.45, 7) is 9.55. The molecule has 0 aromatic heterocycles. The Morgan fingerprint density at radius 3 is 2.56 bits per heavy atom. The van der Waals surface area contributed by atoms with Gasteiger partial charge in [-0.2, -0.15) is 5.10 Å². The second-order valence-corrected chi connectivity index (χ2v) is 7.00. The smallest absolute Gasteiger partial charge is 0.183 e. The predicted octanol–water partition coefficient (Wildman–Crippen LogP) is 3.51. The Kier molecular flexibility index (Phi) is 6.66. The van der Waals surface area contributed by atoms with Crippen LogP contribution in [0.15, 0.2) is 16.3 Å². The third-order valence-electron chi connectivity index (χ3n) is 3.75. The van der Waals surface area contributed by atoms with Crippen molar-refractivity contribution in [3.8, 4) is 0 Å². The number of benzene rings is 1. The first-order chi connectivity index (χ1) is 11.9. The minimum Gasteiger partial charge on any atom is -0.372 e. The number of ether oxygens (including phenoxy) is 1. The Labute approximate surface area is 150 Å². The molecule has 0 aliphatic carbocycles. The van der Waals surface area contributed by atoms with Gasteiger partial charge in [0.25, 0.3) is 0 Å². The molecular formula is C17H21F2N3O2S. The van der Waals surface area contributed by atoms with Crippen LogP contribution in [0.3, 0.4) is 0 Å². The minimum atomic E-state index is -1.06. The van der Waals surface area contributed by atoms with Gasteiger partial charge < -0.3 is 9.64 Å². The Morgan fingerprint density at radius 2 is 2.04 bits per heavy atom. The van der Waals surface area contributed by atoms with Gasteiger partial charge in [0, 0.05) is 30.9 Å². The van der Waals surface area contributed by atoms with Crippen LogP contribution >= 0.6 is 11.8 Å². The maximum absolute atomic E-state index is 14.9. The van der Waals surface area contributed by atoms with Crippen molar-refractivity contribution in [3.63, 3.8) is 0 Å². The van der Waals surface area contributed by atoms with Gasteiger partial charge in [0.1, 0.15) is 5.04 Å². The highest BCUT2D eigenvalue weighted by Crippen LogP contribution is 2.32. The molecule has 25 heavy (non-hydrogen) atoms. The largest absolute Gasteiger partial charge is 0.372 e. The van der Waals surface area contributed by atoms with E-state index in [-0.39, 0.29) is 34.1 Å². The third-order valence-corrected chi connectivity index (χ3v) is 4.61. The molecule has 1 aromatic rings. The maximum atomic E-state index is 14.9. The zero-order chi connectivity index (χ0) is 18.6. The summed E-state index contributed by atoms with van der Waals surface area (Å²) in [4.78, 5) is 13.2. The number of nitrogens with zero attached hydrogens (tertiary/aromatic N) is 3. The molecular weight excluding hydrogens is 348 g/mol. The third kappa shape index (κ3) is 4.24. The summed E-state index contributed by atoms with van der Waals surface area (Å²) in [6.07, 6.45) is 0.230. The quantitative estimate of drug-likeness (QED) is 0.345. The number of aldehydes is 1. The Morgan fingerprint density at radius 1 is 1.40 bits per heavy atom. The normalized spacial score (nSPS) is 21.3. The second kappa shape index (κ2) is 8.53. The van der Waals surface area contributed by atoms with E-state index in [0.29, 0.717) is 25.1 Å². The molecule has 1 fully saturated rings. The first-order valence-corrected chi connectivity index (χ1v) is 8.95. The van der Waals surface area contributed by atoms with Gasteiger partial charge in [-0.1, -0.05) is 6.92 Å². The van der Waals surface area contributed by atoms with Crippen molar-refractivity contribution < 1.29 is 18.3 Å². The molecule has 136 valence electrons. The van der Waals surface area contributed by atoms with Crippen LogP contribution in [0.2, 0.25) is 0 Å². The lowest BCUT2D eigenvalue weighted by atomic mass is 10.1. The second-order valence-electron chi connectivity index (χ2n) is 5.75. The van der Waals surface area contributed by atoms with E-state index < -0.39 is 11.6 Å². The van der Waals surface area contributed by atoms with Gasteiger partial charge in [0.15, 0.2) is 17.9 Å². The average Bonchev–Trinajstić information content (AvgIpc) is 2.56. The number of hydrogen-bond acceptors (Lipinski definition) is 6. The zero-order valence-corrected chi connectivity index (χ0v) is 15.3. The van der Waals surface area contributed by atoms with E-state index in [1.807, 2.05) is 20.8 Å². The van der Waals surface area contributed by atoms with Crippen molar-refractivity contribution in [1.82, 2.24) is 0 Å². The number of carbonyl (C=O) groups is 1. The molecule has 8 heteroatoms. The molecule has 0 saturated carbocycles. The fourth-order valence-corrected chi connectivity index (χ4v) is 3.62. The van der Waals surface area contributed by atoms with E-state index in [9.17, 15) is 13.6 Å². The summed E-state index contributed by atoms with van der Waals surface area (Å²) in [5, 5.41) is 7.35. The van der Waals surface area contributed by atoms with E-state index in [0.717, 1.165) is 0 Å². The van der Waals surface area contributed by atoms with Crippen molar-refractivity contribution in [2.24, 2.45) is 10.2 Å². The highest BCUT2D eigenvalue weighted by atomic mass is 32.2. The van der Waals surface area contributed by atoms with Gasteiger partial charge in [-0.25, -0.2) is 8.78 Å². The molecule has 0 spiro atoms. The first-order valence-electron chi connectivity index (χ1n) is 7.97. The standard InChI is InChI=1S/C17H21F2N3O2S/c1-5-25-17(21-20-4)13-6-12(9-23)16(15(19)14(13)18)22-7-10(2)24-11(3)8-22/h6,9-11H,4-5,7-8H2,1-3H3/b21-17-. The van der Waals surface area contributed by atoms with Crippen LogP contribution in [-0.2, 0) is 4.74 Å². The van der Waals surface area contributed by atoms with Crippen molar-refractivity contribution in [1.29, 1.82) is 0 Å². The summed E-state index contributed by atoms with van der Waals surface area (Å²) in [6, 6.07) is 1.32. The van der Waals surface area contributed by atoms with Crippen molar-refractivity contribution >= 4 is 35.5 Å². The maximum Gasteiger partial charge on any atom is 0.183 e. The average molecular weight is 369 g/mol. The number of anilines is 1. The Balaban J connectivity index is 2.56. The molecule has 1 heterocycles. The Bertz CT molecular complexity index is 687. The van der Waals surface area contributed by atoms with Gasteiger partial charge in [0.05, 0.1) is 17.9 Å². The summed E-state index contributed by atoms with van der Waals surface area (Å²) in [5.41, 5.74) is -0.0497. The molecule has 0 bridgehead atoms. The molecule has 1 aliphatic rings. The van der Waals surface area contributed by atoms with Crippen molar-refractivity contribution in [3.05, 3.63) is 28.8 Å². The lowest BCUT2D eigenvalue weighted by Gasteiger charge is -2.37. The summed E-state index contributed by atoms with van der Waals surface area (Å²) in [5.74, 6) is -1.52. The van der Waals surface area contributed by atoms with Gasteiger partial charge in [-0.05, 0) is 25.7 Å². The number of hydrogen-bond donors (Lipinski definition) is 0. The van der Waals surface area contributed by atoms with Crippen LogP contribution in [-0.4, -0.2) is 49.1 Å². The molecule has 0 radical (unpaired) electrons. The van der Waals surface area contributed by atoms with Crippen LogP contribution < -0.4 is 4.90 Å². The first kappa shape index (κ1) is 19.5. The highest BCUT2D eigenvalue weighted by molar-refractivity contribution is 8.14. The number of rotatable bonds is 5. The molecule has 2 unspecified atom stereocenters. The topological polar surface area (TPSA) is 54.3 Å². The summed E-state index contributed by atoms with van der Waals surface area (Å²) in [7, 11) is 0. The van der Waals surface area contributed by atoms with Crippen LogP contribution in [0.25, 0.3) is 0 Å². The molecule has 2 atom stereocenters. The van der Waals surface area contributed by atoms with Gasteiger partial charge in [-0.15, -0.1) is 16.9 Å². The number of halogens is 2. The van der Waals surface area contributed by atoms with Gasteiger partial charge >= 0.3 is 0 Å². The van der Waals surface area contributed by atoms with E-state index in [1.54, 1.807) is 4.90 Å². The van der Waals surface area contributed by atoms with Gasteiger partial charge in [-0.3, -0.25) is 4.79 Å². The zero-order valence-electron chi connectivity index (χ0n) is 14.5. The summed E-state index contributed by atoms with van der Waals surface area (Å²) >= 11 is 1.20. The lowest BCUT2D eigenvalue weighted by Crippen LogP contribution is -2.46.